The van der Waals surface area contributed by atoms with E-state index >= 15 is 0 Å². The summed E-state index contributed by atoms with van der Waals surface area (Å²) < 4.78 is 1.63. The number of aromatic nitrogens is 3. The van der Waals surface area contributed by atoms with Crippen LogP contribution in [0.15, 0.2) is 128 Å². The maximum Gasteiger partial charge on any atom is 0.246 e. The minimum Gasteiger partial charge on any atom is -0.356 e. The van der Waals surface area contributed by atoms with Crippen molar-refractivity contribution in [3.05, 3.63) is 155 Å². The van der Waals surface area contributed by atoms with Gasteiger partial charge >= 0.3 is 0 Å². The third-order valence-corrected chi connectivity index (χ3v) is 17.1. The molecule has 4 aromatic carbocycles. The third kappa shape index (κ3) is 13.8. The molecule has 0 aliphatic carbocycles. The number of carbonyl (C=O) groups excluding carboxylic acids is 7. The predicted molar refractivity (Wildman–Crippen MR) is 305 cm³/mol. The molecule has 0 unspecified atom stereocenters. The van der Waals surface area contributed by atoms with Crippen LogP contribution in [0.2, 0.25) is 0 Å². The average molecular weight is 1120 g/mol. The highest BCUT2D eigenvalue weighted by Crippen LogP contribution is 2.37. The number of hydrogen-bond acceptors (Lipinski definition) is 11. The van der Waals surface area contributed by atoms with Gasteiger partial charge in [-0.1, -0.05) is 140 Å². The summed E-state index contributed by atoms with van der Waals surface area (Å²) in [5.74, 6) is -3.43. The van der Waals surface area contributed by atoms with E-state index in [0.717, 1.165) is 22.3 Å². The average Bonchev–Trinajstić information content (AvgIpc) is 4.43. The van der Waals surface area contributed by atoms with E-state index in [-0.39, 0.29) is 67.6 Å². The summed E-state index contributed by atoms with van der Waals surface area (Å²) in [4.78, 5) is 105. The van der Waals surface area contributed by atoms with Gasteiger partial charge in [0.15, 0.2) is 0 Å². The Morgan fingerprint density at radius 2 is 1.05 bits per heavy atom. The Labute approximate surface area is 478 Å². The number of nitrogens with zero attached hydrogens (tertiary/aromatic N) is 5. The minimum atomic E-state index is -1.04. The number of hydrogen-bond donors (Lipinski definition) is 7. The van der Waals surface area contributed by atoms with Crippen molar-refractivity contribution in [2.24, 2.45) is 17.6 Å². The van der Waals surface area contributed by atoms with Gasteiger partial charge in [0.1, 0.15) is 30.2 Å². The lowest BCUT2D eigenvalue weighted by molar-refractivity contribution is -0.144. The largest absolute Gasteiger partial charge is 0.356 e. The van der Waals surface area contributed by atoms with Gasteiger partial charge in [0.05, 0.1) is 23.8 Å². The van der Waals surface area contributed by atoms with Crippen LogP contribution in [0.5, 0.6) is 0 Å². The SMILES string of the molecule is CC[C@H](NCl)C(=O)N[C@@H]1C(=O)N2[C@@H](CC[C@@H]1Cn1cc(CCC(=O)NC[C@H]3CC[C@H]4CC[C@@H](C(=O)NC(c5ccccc5)c5ccccc5)N4C(=O)[C@H]3NC(=O)[C@@H](N)CC)nn1)CC[C@H]2C(=O)NC(c1ccccc1)c1ccccc1. The molecule has 20 heteroatoms. The van der Waals surface area contributed by atoms with E-state index in [1.807, 2.05) is 128 Å². The first kappa shape index (κ1) is 58.2. The molecule has 0 radical (unpaired) electrons. The summed E-state index contributed by atoms with van der Waals surface area (Å²) in [6.45, 7) is 3.90. The first-order chi connectivity index (χ1) is 39.3. The minimum absolute atomic E-state index is 0.0397. The fourth-order valence-corrected chi connectivity index (χ4v) is 12.6. The van der Waals surface area contributed by atoms with Crippen molar-refractivity contribution in [1.29, 1.82) is 0 Å². The van der Waals surface area contributed by atoms with Crippen molar-refractivity contribution in [3.63, 3.8) is 0 Å². The van der Waals surface area contributed by atoms with Crippen LogP contribution < -0.4 is 37.2 Å². The normalized spacial score (nSPS) is 23.4. The van der Waals surface area contributed by atoms with Crippen molar-refractivity contribution in [3.8, 4) is 0 Å². The highest BCUT2D eigenvalue weighted by Gasteiger charge is 2.50. The number of benzene rings is 4. The summed E-state index contributed by atoms with van der Waals surface area (Å²) in [6.07, 6.45) is 7.10. The van der Waals surface area contributed by atoms with Gasteiger partial charge in [-0.3, -0.25) is 38.2 Å². The molecule has 5 heterocycles. The maximum atomic E-state index is 15.0. The van der Waals surface area contributed by atoms with Gasteiger partial charge in [0.25, 0.3) is 0 Å². The zero-order valence-electron chi connectivity index (χ0n) is 46.0. The molecular formula is C61H75ClN12O7. The molecule has 5 aromatic rings. The zero-order valence-corrected chi connectivity index (χ0v) is 46.8. The second kappa shape index (κ2) is 27.3. The number of aryl methyl sites for hydroxylation is 1. The van der Waals surface area contributed by atoms with Crippen LogP contribution in [-0.4, -0.2) is 121 Å². The molecule has 428 valence electrons. The van der Waals surface area contributed by atoms with Crippen LogP contribution in [-0.2, 0) is 46.5 Å². The van der Waals surface area contributed by atoms with Gasteiger partial charge < -0.3 is 42.1 Å². The highest BCUT2D eigenvalue weighted by molar-refractivity contribution is 6.15. The van der Waals surface area contributed by atoms with E-state index in [9.17, 15) is 33.6 Å². The first-order valence-electron chi connectivity index (χ1n) is 28.7. The topological polar surface area (TPSA) is 255 Å². The molecule has 0 bridgehead atoms. The van der Waals surface area contributed by atoms with Gasteiger partial charge in [0.2, 0.25) is 41.4 Å². The Balaban J connectivity index is 0.844. The van der Waals surface area contributed by atoms with Crippen molar-refractivity contribution < 1.29 is 33.6 Å². The maximum absolute atomic E-state index is 15.0. The Hall–Kier alpha value is -7.48. The van der Waals surface area contributed by atoms with Gasteiger partial charge in [-0.05, 0) is 98.2 Å². The molecule has 1 aromatic heterocycles. The van der Waals surface area contributed by atoms with E-state index in [4.69, 9.17) is 17.5 Å². The molecule has 4 aliphatic heterocycles. The molecule has 4 fully saturated rings. The second-order valence-corrected chi connectivity index (χ2v) is 22.2. The molecule has 0 spiro atoms. The van der Waals surface area contributed by atoms with Crippen LogP contribution in [0.25, 0.3) is 0 Å². The van der Waals surface area contributed by atoms with Crippen molar-refractivity contribution in [1.82, 2.24) is 56.2 Å². The van der Waals surface area contributed by atoms with Crippen LogP contribution in [0.3, 0.4) is 0 Å². The lowest BCUT2D eigenvalue weighted by Gasteiger charge is -2.33. The van der Waals surface area contributed by atoms with Gasteiger partial charge in [-0.2, -0.15) is 0 Å². The smallest absolute Gasteiger partial charge is 0.246 e. The van der Waals surface area contributed by atoms with Crippen molar-refractivity contribution in [2.75, 3.05) is 6.54 Å². The summed E-state index contributed by atoms with van der Waals surface area (Å²) in [5, 5.41) is 24.2. The van der Waals surface area contributed by atoms with Crippen molar-refractivity contribution in [2.45, 2.75) is 158 Å². The third-order valence-electron chi connectivity index (χ3n) is 16.8. The van der Waals surface area contributed by atoms with Crippen LogP contribution >= 0.6 is 11.8 Å². The van der Waals surface area contributed by atoms with E-state index in [1.54, 1.807) is 27.6 Å². The summed E-state index contributed by atoms with van der Waals surface area (Å²) >= 11 is 6.00. The molecular weight excluding hydrogens is 1050 g/mol. The van der Waals surface area contributed by atoms with Gasteiger partial charge in [0, 0.05) is 56.0 Å². The van der Waals surface area contributed by atoms with Crippen molar-refractivity contribution >= 4 is 53.1 Å². The highest BCUT2D eigenvalue weighted by atomic mass is 35.5. The zero-order chi connectivity index (χ0) is 57.0. The second-order valence-electron chi connectivity index (χ2n) is 22.0. The standard InChI is InChI=1S/C61H75ClN12O7/c1-3-47(63)56(76)67-54-42(25-28-45-30-32-49(73(45)60(54)80)58(78)65-52(38-17-9-5-10-18-38)39-19-11-6-12-20-39)35-64-51(75)34-27-44-37-72(71-70-44)36-43-26-29-46-31-33-50(74(46)61(81)55(43)68-57(77)48(4-2)69-62)59(79)66-53(40-21-13-7-14-22-40)41-23-15-8-16-24-41/h5-24,37,42-43,45-50,52-55,69H,3-4,25-36,63H2,1-2H3,(H,64,75)(H,65,78)(H,66,79)(H,67,76)(H,68,77)/t42-,43-,45+,46+,47+,48+,49+,50+,54+,55+/m1/s1. The van der Waals surface area contributed by atoms with Crippen LogP contribution in [0, 0.1) is 11.8 Å². The summed E-state index contributed by atoms with van der Waals surface area (Å²) in [7, 11) is 0. The molecule has 4 aliphatic rings. The lowest BCUT2D eigenvalue weighted by atomic mass is 9.92. The van der Waals surface area contributed by atoms with E-state index in [1.165, 1.54) is 0 Å². The molecule has 19 nitrogen and oxygen atoms in total. The number of fused-ring (bicyclic) bond motifs is 2. The molecule has 8 N–H and O–H groups in total. The lowest BCUT2D eigenvalue weighted by Crippen LogP contribution is -2.59. The number of halogens is 1. The van der Waals surface area contributed by atoms with E-state index < -0.39 is 72.0 Å². The number of nitrogens with two attached hydrogens (primary N) is 1. The predicted octanol–water partition coefficient (Wildman–Crippen LogP) is 4.91. The molecule has 81 heavy (non-hydrogen) atoms. The Kier molecular flexibility index (Phi) is 19.6. The quantitative estimate of drug-likeness (QED) is 0.0459. The summed E-state index contributed by atoms with van der Waals surface area (Å²) in [5.41, 5.74) is 10.3. The fraction of sp³-hybridized carbons (Fsp3) is 0.459. The Bertz CT molecular complexity index is 2870. The Morgan fingerprint density at radius 1 is 0.605 bits per heavy atom. The summed E-state index contributed by atoms with van der Waals surface area (Å²) in [6, 6.07) is 32.2. The molecule has 0 saturated carbocycles. The molecule has 4 saturated heterocycles. The number of carbonyl (C=O) groups is 7. The van der Waals surface area contributed by atoms with Crippen LogP contribution in [0.1, 0.15) is 125 Å². The monoisotopic (exact) mass is 1120 g/mol. The van der Waals surface area contributed by atoms with E-state index in [2.05, 4.69) is 41.7 Å². The van der Waals surface area contributed by atoms with Gasteiger partial charge in [-0.15, -0.1) is 5.10 Å². The molecule has 7 amide bonds. The molecule has 9 rings (SSSR count). The molecule has 10 atom stereocenters. The fourth-order valence-electron chi connectivity index (χ4n) is 12.3. The Morgan fingerprint density at radius 3 is 1.51 bits per heavy atom. The number of rotatable bonds is 22. The van der Waals surface area contributed by atoms with E-state index in [0.29, 0.717) is 69.9 Å². The number of amides is 7. The first-order valence-corrected chi connectivity index (χ1v) is 29.1. The number of nitrogens with one attached hydrogen (secondary N) is 6. The van der Waals surface area contributed by atoms with Gasteiger partial charge in [-0.25, -0.2) is 4.84 Å². The van der Waals surface area contributed by atoms with Crippen LogP contribution in [0.4, 0.5) is 0 Å².